The number of guanidine groups is 1. The van der Waals surface area contributed by atoms with Crippen LogP contribution in [-0.4, -0.2) is 30.0 Å². The van der Waals surface area contributed by atoms with Crippen molar-refractivity contribution in [2.45, 2.75) is 44.7 Å². The summed E-state index contributed by atoms with van der Waals surface area (Å²) in [5.74, 6) is 1.60. The summed E-state index contributed by atoms with van der Waals surface area (Å²) in [4.78, 5) is 6.57. The van der Waals surface area contributed by atoms with Crippen LogP contribution in [0.2, 0.25) is 0 Å². The van der Waals surface area contributed by atoms with E-state index in [1.807, 2.05) is 0 Å². The minimum Gasteiger partial charge on any atom is -0.370 e. The van der Waals surface area contributed by atoms with Crippen LogP contribution >= 0.6 is 0 Å². The monoisotopic (exact) mass is 181 g/mol. The summed E-state index contributed by atoms with van der Waals surface area (Å²) in [5, 5.41) is 0. The average molecular weight is 181 g/mol. The number of hydrogen-bond acceptors (Lipinski definition) is 1. The molecule has 0 aromatic rings. The zero-order valence-corrected chi connectivity index (χ0v) is 8.53. The molecule has 2 N–H and O–H groups in total. The molecule has 1 atom stereocenters. The van der Waals surface area contributed by atoms with Crippen molar-refractivity contribution in [1.29, 1.82) is 0 Å². The van der Waals surface area contributed by atoms with Gasteiger partial charge in [0.15, 0.2) is 5.96 Å². The second-order valence-corrected chi connectivity index (χ2v) is 4.41. The van der Waals surface area contributed by atoms with E-state index >= 15 is 0 Å². The Kier molecular flexibility index (Phi) is 2.18. The normalized spacial score (nSPS) is 25.8. The molecule has 0 bridgehead atoms. The minimum atomic E-state index is 0.536. The Labute approximate surface area is 80.0 Å². The Morgan fingerprint density at radius 3 is 2.46 bits per heavy atom. The molecule has 2 aliphatic carbocycles. The highest BCUT2D eigenvalue weighted by atomic mass is 15.3. The number of hydrogen-bond donors (Lipinski definition) is 1. The van der Waals surface area contributed by atoms with E-state index in [0.29, 0.717) is 12.1 Å². The lowest BCUT2D eigenvalue weighted by Gasteiger charge is -2.25. The van der Waals surface area contributed by atoms with Crippen LogP contribution in [0, 0.1) is 5.92 Å². The molecule has 2 rings (SSSR count). The quantitative estimate of drug-likeness (QED) is 0.525. The van der Waals surface area contributed by atoms with Crippen molar-refractivity contribution in [3.8, 4) is 0 Å². The van der Waals surface area contributed by atoms with Gasteiger partial charge in [0.05, 0.1) is 6.04 Å². The van der Waals surface area contributed by atoms with Gasteiger partial charge in [-0.15, -0.1) is 0 Å². The van der Waals surface area contributed by atoms with E-state index in [1.54, 1.807) is 0 Å². The van der Waals surface area contributed by atoms with E-state index in [2.05, 4.69) is 23.9 Å². The third-order valence-corrected chi connectivity index (χ3v) is 3.14. The van der Waals surface area contributed by atoms with Gasteiger partial charge in [0, 0.05) is 13.1 Å². The molecular weight excluding hydrogens is 162 g/mol. The van der Waals surface area contributed by atoms with Crippen molar-refractivity contribution >= 4 is 5.96 Å². The molecule has 0 aliphatic heterocycles. The van der Waals surface area contributed by atoms with Crippen LogP contribution in [0.25, 0.3) is 0 Å². The molecule has 0 aromatic carbocycles. The van der Waals surface area contributed by atoms with Crippen LogP contribution in [0.4, 0.5) is 0 Å². The first-order valence-electron chi connectivity index (χ1n) is 5.24. The zero-order valence-electron chi connectivity index (χ0n) is 8.53. The second-order valence-electron chi connectivity index (χ2n) is 4.41. The number of rotatable bonds is 3. The lowest BCUT2D eigenvalue weighted by atomic mass is 10.2. The van der Waals surface area contributed by atoms with Gasteiger partial charge in [0.25, 0.3) is 0 Å². The van der Waals surface area contributed by atoms with Gasteiger partial charge in [-0.1, -0.05) is 0 Å². The Morgan fingerprint density at radius 2 is 2.00 bits per heavy atom. The van der Waals surface area contributed by atoms with E-state index in [4.69, 9.17) is 5.73 Å². The van der Waals surface area contributed by atoms with E-state index in [1.165, 1.54) is 25.7 Å². The third-order valence-electron chi connectivity index (χ3n) is 3.14. The van der Waals surface area contributed by atoms with Gasteiger partial charge in [0.1, 0.15) is 0 Å². The first-order chi connectivity index (χ1) is 6.18. The maximum Gasteiger partial charge on any atom is 0.191 e. The first kappa shape index (κ1) is 8.85. The molecule has 3 nitrogen and oxygen atoms in total. The average Bonchev–Trinajstić information content (AvgIpc) is 2.93. The lowest BCUT2D eigenvalue weighted by molar-refractivity contribution is 0.349. The maximum atomic E-state index is 5.90. The van der Waals surface area contributed by atoms with Gasteiger partial charge in [-0.3, -0.25) is 0 Å². The Balaban J connectivity index is 1.89. The summed E-state index contributed by atoms with van der Waals surface area (Å²) in [6.45, 7) is 2.24. The van der Waals surface area contributed by atoms with Gasteiger partial charge in [-0.05, 0) is 38.5 Å². The number of nitrogens with two attached hydrogens (primary N) is 1. The molecule has 74 valence electrons. The van der Waals surface area contributed by atoms with Gasteiger partial charge in [0.2, 0.25) is 0 Å². The summed E-state index contributed by atoms with van der Waals surface area (Å²) in [7, 11) is 2.06. The van der Waals surface area contributed by atoms with Crippen molar-refractivity contribution in [2.24, 2.45) is 16.6 Å². The van der Waals surface area contributed by atoms with Gasteiger partial charge in [-0.2, -0.15) is 0 Å². The standard InChI is InChI=1S/C10H19N3/c1-7(8-3-4-8)13(2)10(11)12-9-5-6-9/h7-9H,3-6H2,1-2H3,(H2,11,12). The van der Waals surface area contributed by atoms with E-state index in [0.717, 1.165) is 11.9 Å². The van der Waals surface area contributed by atoms with Crippen LogP contribution in [0.5, 0.6) is 0 Å². The van der Waals surface area contributed by atoms with Gasteiger partial charge in [-0.25, -0.2) is 4.99 Å². The Morgan fingerprint density at radius 1 is 1.38 bits per heavy atom. The number of nitrogens with zero attached hydrogens (tertiary/aromatic N) is 2. The van der Waals surface area contributed by atoms with Crippen molar-refractivity contribution in [1.82, 2.24) is 4.90 Å². The zero-order chi connectivity index (χ0) is 9.42. The fourth-order valence-electron chi connectivity index (χ4n) is 1.59. The van der Waals surface area contributed by atoms with E-state index in [9.17, 15) is 0 Å². The molecule has 0 aromatic heterocycles. The van der Waals surface area contributed by atoms with Crippen LogP contribution in [0.3, 0.4) is 0 Å². The highest BCUT2D eigenvalue weighted by Crippen LogP contribution is 2.34. The first-order valence-corrected chi connectivity index (χ1v) is 5.24. The van der Waals surface area contributed by atoms with Crippen LogP contribution in [0.15, 0.2) is 4.99 Å². The summed E-state index contributed by atoms with van der Waals surface area (Å²) < 4.78 is 0. The van der Waals surface area contributed by atoms with Crippen LogP contribution < -0.4 is 5.73 Å². The highest BCUT2D eigenvalue weighted by molar-refractivity contribution is 5.78. The molecule has 2 saturated carbocycles. The maximum absolute atomic E-state index is 5.90. The number of aliphatic imine (C=N–C) groups is 1. The predicted octanol–water partition coefficient (Wildman–Crippen LogP) is 1.19. The molecule has 3 heteroatoms. The lowest BCUT2D eigenvalue weighted by Crippen LogP contribution is -2.41. The van der Waals surface area contributed by atoms with Gasteiger partial charge >= 0.3 is 0 Å². The summed E-state index contributed by atoms with van der Waals surface area (Å²) in [6, 6.07) is 1.11. The molecule has 2 aliphatic rings. The molecule has 1 unspecified atom stereocenters. The summed E-state index contributed by atoms with van der Waals surface area (Å²) >= 11 is 0. The summed E-state index contributed by atoms with van der Waals surface area (Å²) in [6.07, 6.45) is 5.18. The molecule has 0 heterocycles. The van der Waals surface area contributed by atoms with Crippen molar-refractivity contribution in [3.05, 3.63) is 0 Å². The predicted molar refractivity (Wildman–Crippen MR) is 54.6 cm³/mol. The molecule has 13 heavy (non-hydrogen) atoms. The van der Waals surface area contributed by atoms with E-state index < -0.39 is 0 Å². The largest absolute Gasteiger partial charge is 0.370 e. The topological polar surface area (TPSA) is 41.6 Å². The summed E-state index contributed by atoms with van der Waals surface area (Å²) in [5.41, 5.74) is 5.90. The fraction of sp³-hybridized carbons (Fsp3) is 0.900. The molecular formula is C10H19N3. The molecule has 0 amide bonds. The third kappa shape index (κ3) is 2.14. The molecule has 0 spiro atoms. The van der Waals surface area contributed by atoms with Gasteiger partial charge < -0.3 is 10.6 Å². The van der Waals surface area contributed by atoms with Crippen molar-refractivity contribution in [2.75, 3.05) is 7.05 Å². The minimum absolute atomic E-state index is 0.536. The molecule has 0 saturated heterocycles. The fourth-order valence-corrected chi connectivity index (χ4v) is 1.59. The second kappa shape index (κ2) is 3.20. The van der Waals surface area contributed by atoms with E-state index in [-0.39, 0.29) is 0 Å². The smallest absolute Gasteiger partial charge is 0.191 e. The molecule has 2 fully saturated rings. The van der Waals surface area contributed by atoms with Crippen molar-refractivity contribution < 1.29 is 0 Å². The highest BCUT2D eigenvalue weighted by Gasteiger charge is 2.31. The Bertz CT molecular complexity index is 216. The Hall–Kier alpha value is -0.730. The SMILES string of the molecule is CC(C1CC1)N(C)C(N)=NC1CC1. The molecule has 0 radical (unpaired) electrons. The van der Waals surface area contributed by atoms with Crippen LogP contribution in [-0.2, 0) is 0 Å². The van der Waals surface area contributed by atoms with Crippen LogP contribution in [0.1, 0.15) is 32.6 Å². The van der Waals surface area contributed by atoms with Crippen molar-refractivity contribution in [3.63, 3.8) is 0 Å².